The van der Waals surface area contributed by atoms with Gasteiger partial charge >= 0.3 is 6.09 Å². The first-order chi connectivity index (χ1) is 16.4. The quantitative estimate of drug-likeness (QED) is 0.543. The molecule has 0 aromatic heterocycles. The van der Waals surface area contributed by atoms with Gasteiger partial charge in [0.05, 0.1) is 6.54 Å². The average Bonchev–Trinajstić information content (AvgIpc) is 3.06. The topological polar surface area (TPSA) is 53.0 Å². The number of hydrogen-bond donors (Lipinski definition) is 1. The second kappa shape index (κ2) is 8.80. The predicted octanol–water partition coefficient (Wildman–Crippen LogP) is 5.60. The van der Waals surface area contributed by atoms with Crippen LogP contribution in [0, 0.1) is 6.92 Å². The summed E-state index contributed by atoms with van der Waals surface area (Å²) in [7, 11) is 0. The summed E-state index contributed by atoms with van der Waals surface area (Å²) < 4.78 is 6.30. The largest absolute Gasteiger partial charge is 0.508 e. The number of amides is 1. The molecule has 2 fully saturated rings. The van der Waals surface area contributed by atoms with E-state index in [0.29, 0.717) is 6.54 Å². The van der Waals surface area contributed by atoms with Crippen LogP contribution in [0.2, 0.25) is 0 Å². The molecule has 3 aromatic rings. The van der Waals surface area contributed by atoms with Gasteiger partial charge < -0.3 is 9.84 Å². The number of likely N-dealkylation sites (tertiary alicyclic amines) is 1. The van der Waals surface area contributed by atoms with E-state index in [1.54, 1.807) is 12.1 Å². The van der Waals surface area contributed by atoms with E-state index in [9.17, 15) is 9.90 Å². The predicted molar refractivity (Wildman–Crippen MR) is 132 cm³/mol. The standard InChI is InChI=1S/C29H32N2O3/c1-22-8-6-7-9-24(22)21-30-18-16-29(17-19-30)28(2,25-10-4-3-5-11-25)31(27(33)34-29)20-23-12-14-26(32)15-13-23/h3-15,32H,16-21H2,1-2H3. The summed E-state index contributed by atoms with van der Waals surface area (Å²) in [6.07, 6.45) is 1.29. The Morgan fingerprint density at radius 2 is 1.53 bits per heavy atom. The molecule has 1 N–H and O–H groups in total. The molecule has 0 saturated carbocycles. The van der Waals surface area contributed by atoms with Crippen LogP contribution in [0.3, 0.4) is 0 Å². The molecular weight excluding hydrogens is 424 g/mol. The molecule has 0 bridgehead atoms. The molecule has 3 aromatic carbocycles. The third-order valence-corrected chi connectivity index (χ3v) is 7.86. The molecule has 1 atom stereocenters. The number of carbonyl (C=O) groups excluding carboxylic acids is 1. The number of piperidine rings is 1. The first-order valence-electron chi connectivity index (χ1n) is 12.0. The number of carbonyl (C=O) groups is 1. The Morgan fingerprint density at radius 3 is 2.21 bits per heavy atom. The van der Waals surface area contributed by atoms with Gasteiger partial charge in [-0.25, -0.2) is 4.79 Å². The molecule has 5 heteroatoms. The highest BCUT2D eigenvalue weighted by Gasteiger charge is 2.63. The number of benzene rings is 3. The van der Waals surface area contributed by atoms with Gasteiger partial charge in [-0.05, 0) is 48.2 Å². The maximum Gasteiger partial charge on any atom is 0.411 e. The molecule has 2 aliphatic heterocycles. The highest BCUT2D eigenvalue weighted by Crippen LogP contribution is 2.52. The minimum absolute atomic E-state index is 0.219. The molecule has 0 aliphatic carbocycles. The van der Waals surface area contributed by atoms with Crippen LogP contribution in [0.1, 0.15) is 42.0 Å². The lowest BCUT2D eigenvalue weighted by atomic mass is 9.70. The van der Waals surface area contributed by atoms with Crippen molar-refractivity contribution in [1.82, 2.24) is 9.80 Å². The lowest BCUT2D eigenvalue weighted by Gasteiger charge is -2.48. The van der Waals surface area contributed by atoms with Crippen LogP contribution in [0.25, 0.3) is 0 Å². The molecule has 1 spiro atoms. The van der Waals surface area contributed by atoms with Crippen LogP contribution < -0.4 is 0 Å². The fraction of sp³-hybridized carbons (Fsp3) is 0.345. The summed E-state index contributed by atoms with van der Waals surface area (Å²) >= 11 is 0. The van der Waals surface area contributed by atoms with Gasteiger partial charge in [-0.2, -0.15) is 0 Å². The molecule has 5 rings (SSSR count). The zero-order chi connectivity index (χ0) is 23.8. The smallest absolute Gasteiger partial charge is 0.411 e. The fourth-order valence-corrected chi connectivity index (χ4v) is 5.63. The maximum absolute atomic E-state index is 13.4. The van der Waals surface area contributed by atoms with Crippen molar-refractivity contribution in [2.24, 2.45) is 0 Å². The molecule has 5 nitrogen and oxygen atoms in total. The number of hydrogen-bond acceptors (Lipinski definition) is 4. The van der Waals surface area contributed by atoms with Crippen LogP contribution in [-0.2, 0) is 23.4 Å². The van der Waals surface area contributed by atoms with Crippen LogP contribution in [0.5, 0.6) is 5.75 Å². The fourth-order valence-electron chi connectivity index (χ4n) is 5.63. The van der Waals surface area contributed by atoms with Crippen LogP contribution in [0.4, 0.5) is 4.79 Å². The Balaban J connectivity index is 1.44. The average molecular weight is 457 g/mol. The van der Waals surface area contributed by atoms with Gasteiger partial charge in [0.15, 0.2) is 0 Å². The van der Waals surface area contributed by atoms with Crippen molar-refractivity contribution in [3.05, 3.63) is 101 Å². The molecule has 0 radical (unpaired) electrons. The molecule has 34 heavy (non-hydrogen) atoms. The number of ether oxygens (including phenoxy) is 1. The molecule has 1 amide bonds. The molecule has 2 heterocycles. The normalized spacial score (nSPS) is 22.2. The Bertz CT molecular complexity index is 1150. The minimum atomic E-state index is -0.599. The number of nitrogens with zero attached hydrogens (tertiary/aromatic N) is 2. The van der Waals surface area contributed by atoms with Gasteiger partial charge in [-0.3, -0.25) is 9.80 Å². The van der Waals surface area contributed by atoms with Gasteiger partial charge in [0.25, 0.3) is 0 Å². The van der Waals surface area contributed by atoms with Crippen molar-refractivity contribution in [2.75, 3.05) is 13.1 Å². The number of phenols is 1. The number of phenolic OH excluding ortho intramolecular Hbond substituents is 1. The third-order valence-electron chi connectivity index (χ3n) is 7.86. The SMILES string of the molecule is Cc1ccccc1CN1CCC2(CC1)OC(=O)N(Cc1ccc(O)cc1)C2(C)c1ccccc1. The van der Waals surface area contributed by atoms with E-state index >= 15 is 0 Å². The van der Waals surface area contributed by atoms with Crippen molar-refractivity contribution in [3.8, 4) is 5.75 Å². The van der Waals surface area contributed by atoms with E-state index in [2.05, 4.69) is 55.1 Å². The Labute approximate surface area is 201 Å². The highest BCUT2D eigenvalue weighted by atomic mass is 16.6. The van der Waals surface area contributed by atoms with E-state index < -0.39 is 11.1 Å². The first-order valence-corrected chi connectivity index (χ1v) is 12.0. The van der Waals surface area contributed by atoms with Crippen LogP contribution in [0.15, 0.2) is 78.9 Å². The van der Waals surface area contributed by atoms with E-state index in [-0.39, 0.29) is 11.8 Å². The number of aromatic hydroxyl groups is 1. The van der Waals surface area contributed by atoms with E-state index in [1.165, 1.54) is 11.1 Å². The first kappa shape index (κ1) is 22.5. The summed E-state index contributed by atoms with van der Waals surface area (Å²) in [5, 5.41) is 9.69. The van der Waals surface area contributed by atoms with E-state index in [4.69, 9.17) is 4.74 Å². The monoisotopic (exact) mass is 456 g/mol. The summed E-state index contributed by atoms with van der Waals surface area (Å²) in [4.78, 5) is 17.7. The van der Waals surface area contributed by atoms with E-state index in [0.717, 1.165) is 43.6 Å². The third kappa shape index (κ3) is 3.84. The van der Waals surface area contributed by atoms with Crippen LogP contribution in [-0.4, -0.2) is 39.7 Å². The van der Waals surface area contributed by atoms with Gasteiger partial charge in [0, 0.05) is 32.5 Å². The number of aryl methyl sites for hydroxylation is 1. The lowest BCUT2D eigenvalue weighted by molar-refractivity contribution is -0.0614. The highest BCUT2D eigenvalue weighted by molar-refractivity contribution is 5.74. The van der Waals surface area contributed by atoms with Crippen molar-refractivity contribution in [3.63, 3.8) is 0 Å². The van der Waals surface area contributed by atoms with Crippen molar-refractivity contribution in [1.29, 1.82) is 0 Å². The Hall–Kier alpha value is -3.31. The molecular formula is C29H32N2O3. The number of rotatable bonds is 5. The lowest BCUT2D eigenvalue weighted by Crippen LogP contribution is -2.58. The van der Waals surface area contributed by atoms with Gasteiger partial charge in [0.2, 0.25) is 0 Å². The second-order valence-corrected chi connectivity index (χ2v) is 9.76. The zero-order valence-electron chi connectivity index (χ0n) is 19.9. The maximum atomic E-state index is 13.4. The van der Waals surface area contributed by atoms with Crippen molar-refractivity contribution < 1.29 is 14.6 Å². The summed E-state index contributed by atoms with van der Waals surface area (Å²) in [6, 6.07) is 25.9. The van der Waals surface area contributed by atoms with Crippen molar-refractivity contribution >= 4 is 6.09 Å². The summed E-state index contributed by atoms with van der Waals surface area (Å²) in [5.41, 5.74) is 3.52. The molecule has 2 aliphatic rings. The zero-order valence-corrected chi connectivity index (χ0v) is 19.9. The van der Waals surface area contributed by atoms with Gasteiger partial charge in [-0.1, -0.05) is 66.7 Å². The Morgan fingerprint density at radius 1 is 0.882 bits per heavy atom. The van der Waals surface area contributed by atoms with Crippen molar-refractivity contribution in [2.45, 2.75) is 50.9 Å². The van der Waals surface area contributed by atoms with Gasteiger partial charge in [-0.15, -0.1) is 0 Å². The molecule has 176 valence electrons. The molecule has 1 unspecified atom stereocenters. The van der Waals surface area contributed by atoms with Crippen LogP contribution >= 0.6 is 0 Å². The second-order valence-electron chi connectivity index (χ2n) is 9.76. The molecule has 2 saturated heterocycles. The Kier molecular flexibility index (Phi) is 5.82. The minimum Gasteiger partial charge on any atom is -0.508 e. The summed E-state index contributed by atoms with van der Waals surface area (Å²) in [5.74, 6) is 0.219. The summed E-state index contributed by atoms with van der Waals surface area (Å²) in [6.45, 7) is 7.40. The van der Waals surface area contributed by atoms with E-state index in [1.807, 2.05) is 35.2 Å². The van der Waals surface area contributed by atoms with Gasteiger partial charge in [0.1, 0.15) is 16.9 Å².